The summed E-state index contributed by atoms with van der Waals surface area (Å²) in [6, 6.07) is 14.7. The highest BCUT2D eigenvalue weighted by Gasteiger charge is 2.48. The van der Waals surface area contributed by atoms with E-state index >= 15 is 0 Å². The van der Waals surface area contributed by atoms with E-state index in [2.05, 4.69) is 5.32 Å². The number of nitrogens with one attached hydrogen (secondary N) is 1. The Balaban J connectivity index is 1.66. The lowest BCUT2D eigenvalue weighted by atomic mass is 9.84. The second kappa shape index (κ2) is 12.1. The number of alkyl halides is 3. The fourth-order valence-corrected chi connectivity index (χ4v) is 7.02. The summed E-state index contributed by atoms with van der Waals surface area (Å²) in [7, 11) is -2.14. The standard InChI is InChI=1S/C28H32F3N2O5P/c1-19-24(27(34)36-17-14-33(3)18-21-10-5-4-6-11-21)25(22-12-7-8-13-23(22)28(29,30)31)26(20(2)32-19)39(35)37-15-9-16-38-39/h4-8,10-13,25,32H,9,14-18H2,1-3H3. The van der Waals surface area contributed by atoms with E-state index in [1.165, 1.54) is 18.2 Å². The van der Waals surface area contributed by atoms with Crippen molar-refractivity contribution in [2.75, 3.05) is 33.4 Å². The molecule has 4 rings (SSSR count). The highest BCUT2D eigenvalue weighted by Crippen LogP contribution is 2.65. The fourth-order valence-electron chi connectivity index (χ4n) is 4.88. The van der Waals surface area contributed by atoms with Gasteiger partial charge in [-0.1, -0.05) is 48.5 Å². The summed E-state index contributed by atoms with van der Waals surface area (Å²) in [5.41, 5.74) is 0.495. The van der Waals surface area contributed by atoms with E-state index < -0.39 is 31.2 Å². The number of rotatable bonds is 8. The number of allylic oxidation sites excluding steroid dienone is 3. The van der Waals surface area contributed by atoms with Crippen molar-refractivity contribution < 1.29 is 36.3 Å². The van der Waals surface area contributed by atoms with Crippen LogP contribution in [0, 0.1) is 0 Å². The number of hydrogen-bond donors (Lipinski definition) is 1. The van der Waals surface area contributed by atoms with Crippen molar-refractivity contribution in [3.8, 4) is 0 Å². The molecule has 0 radical (unpaired) electrons. The minimum atomic E-state index is -4.72. The number of likely N-dealkylation sites (N-methyl/N-ethyl adjacent to an activating group) is 1. The van der Waals surface area contributed by atoms with E-state index in [0.717, 1.165) is 11.6 Å². The van der Waals surface area contributed by atoms with Gasteiger partial charge < -0.3 is 19.1 Å². The maximum Gasteiger partial charge on any atom is 0.416 e. The Hall–Kier alpha value is -2.91. The van der Waals surface area contributed by atoms with E-state index in [1.54, 1.807) is 13.8 Å². The summed E-state index contributed by atoms with van der Waals surface area (Å²) in [6.07, 6.45) is -4.22. The third kappa shape index (κ3) is 6.64. The number of hydrogen-bond acceptors (Lipinski definition) is 7. The number of ether oxygens (including phenoxy) is 1. The first-order valence-electron chi connectivity index (χ1n) is 12.6. The van der Waals surface area contributed by atoms with Crippen LogP contribution in [-0.2, 0) is 35.9 Å². The van der Waals surface area contributed by atoms with Gasteiger partial charge in [-0.2, -0.15) is 13.2 Å². The van der Waals surface area contributed by atoms with Crippen LogP contribution in [0.4, 0.5) is 13.2 Å². The van der Waals surface area contributed by atoms with Gasteiger partial charge in [0.2, 0.25) is 0 Å². The van der Waals surface area contributed by atoms with Crippen molar-refractivity contribution in [1.82, 2.24) is 10.2 Å². The lowest BCUT2D eigenvalue weighted by Gasteiger charge is -2.36. The van der Waals surface area contributed by atoms with Gasteiger partial charge in [-0.25, -0.2) is 4.79 Å². The van der Waals surface area contributed by atoms with Gasteiger partial charge in [0, 0.05) is 24.5 Å². The molecular formula is C28H32F3N2O5P. The van der Waals surface area contributed by atoms with Crippen LogP contribution in [0.5, 0.6) is 0 Å². The molecule has 2 aromatic rings. The molecule has 0 saturated carbocycles. The molecule has 2 aliphatic rings. The minimum absolute atomic E-state index is 0.00920. The van der Waals surface area contributed by atoms with Crippen LogP contribution < -0.4 is 5.32 Å². The normalized spacial score (nSPS) is 19.7. The maximum absolute atomic E-state index is 14.2. The monoisotopic (exact) mass is 564 g/mol. The van der Waals surface area contributed by atoms with Crippen LogP contribution in [0.15, 0.2) is 76.9 Å². The lowest BCUT2D eigenvalue weighted by molar-refractivity contribution is -0.141. The molecule has 0 bridgehead atoms. The predicted molar refractivity (Wildman–Crippen MR) is 141 cm³/mol. The molecule has 210 valence electrons. The summed E-state index contributed by atoms with van der Waals surface area (Å²) < 4.78 is 73.1. The van der Waals surface area contributed by atoms with E-state index in [9.17, 15) is 22.5 Å². The second-order valence-corrected chi connectivity index (χ2v) is 11.6. The third-order valence-corrected chi connectivity index (χ3v) is 8.86. The minimum Gasteiger partial charge on any atom is -0.461 e. The largest absolute Gasteiger partial charge is 0.461 e. The van der Waals surface area contributed by atoms with Gasteiger partial charge in [-0.05, 0) is 44.5 Å². The van der Waals surface area contributed by atoms with Gasteiger partial charge in [-0.15, -0.1) is 0 Å². The van der Waals surface area contributed by atoms with Crippen molar-refractivity contribution in [2.24, 2.45) is 0 Å². The number of nitrogens with zero attached hydrogens (tertiary/aromatic N) is 1. The average molecular weight is 565 g/mol. The molecular weight excluding hydrogens is 532 g/mol. The lowest BCUT2D eigenvalue weighted by Crippen LogP contribution is -2.32. The molecule has 2 heterocycles. The SMILES string of the molecule is CC1=C(C(=O)OCCN(C)Cc2ccccc2)C(c2ccccc2C(F)(F)F)C(P2(=O)OCCCO2)=C(C)N1. The Kier molecular flexibility index (Phi) is 9.01. The Morgan fingerprint density at radius 3 is 2.36 bits per heavy atom. The molecule has 0 amide bonds. The Morgan fingerprint density at radius 1 is 1.05 bits per heavy atom. The zero-order chi connectivity index (χ0) is 28.2. The Labute approximate surface area is 226 Å². The Morgan fingerprint density at radius 2 is 1.69 bits per heavy atom. The van der Waals surface area contributed by atoms with Crippen molar-refractivity contribution in [3.63, 3.8) is 0 Å². The third-order valence-electron chi connectivity index (χ3n) is 6.63. The van der Waals surface area contributed by atoms with Gasteiger partial charge in [-0.3, -0.25) is 9.46 Å². The van der Waals surface area contributed by atoms with Gasteiger partial charge in [0.25, 0.3) is 0 Å². The van der Waals surface area contributed by atoms with Crippen molar-refractivity contribution in [3.05, 3.63) is 93.6 Å². The summed E-state index contributed by atoms with van der Waals surface area (Å²) in [4.78, 5) is 15.5. The molecule has 0 aromatic heterocycles. The first kappa shape index (κ1) is 29.1. The zero-order valence-corrected chi connectivity index (χ0v) is 23.0. The van der Waals surface area contributed by atoms with E-state index in [-0.39, 0.29) is 36.3 Å². The quantitative estimate of drug-likeness (QED) is 0.302. The number of dihydropyridines is 1. The van der Waals surface area contributed by atoms with Crippen LogP contribution in [-0.4, -0.2) is 44.3 Å². The van der Waals surface area contributed by atoms with Crippen molar-refractivity contribution in [2.45, 2.75) is 38.9 Å². The summed E-state index contributed by atoms with van der Waals surface area (Å²) >= 11 is 0. The van der Waals surface area contributed by atoms with Crippen molar-refractivity contribution in [1.29, 1.82) is 0 Å². The van der Waals surface area contributed by atoms with Crippen LogP contribution in [0.1, 0.15) is 42.9 Å². The molecule has 1 atom stereocenters. The average Bonchev–Trinajstić information content (AvgIpc) is 2.88. The molecule has 1 fully saturated rings. The fraction of sp³-hybridized carbons (Fsp3) is 0.393. The number of carbonyl (C=O) groups is 1. The second-order valence-electron chi connectivity index (χ2n) is 9.57. The van der Waals surface area contributed by atoms with Crippen LogP contribution in [0.25, 0.3) is 0 Å². The molecule has 2 aromatic carbocycles. The first-order valence-corrected chi connectivity index (χ1v) is 14.2. The molecule has 0 aliphatic carbocycles. The summed E-state index contributed by atoms with van der Waals surface area (Å²) in [5, 5.41) is 2.99. The van der Waals surface area contributed by atoms with E-state index in [0.29, 0.717) is 30.9 Å². The van der Waals surface area contributed by atoms with Gasteiger partial charge in [0.05, 0.1) is 35.6 Å². The van der Waals surface area contributed by atoms with Crippen LogP contribution >= 0.6 is 7.60 Å². The molecule has 1 saturated heterocycles. The summed E-state index contributed by atoms with van der Waals surface area (Å²) in [6.45, 7) is 4.46. The molecule has 39 heavy (non-hydrogen) atoms. The molecule has 0 spiro atoms. The predicted octanol–water partition coefficient (Wildman–Crippen LogP) is 6.20. The van der Waals surface area contributed by atoms with Crippen LogP contribution in [0.2, 0.25) is 0 Å². The zero-order valence-electron chi connectivity index (χ0n) is 22.1. The maximum atomic E-state index is 14.2. The van der Waals surface area contributed by atoms with Gasteiger partial charge in [0.15, 0.2) is 0 Å². The molecule has 2 aliphatic heterocycles. The number of carbonyl (C=O) groups excluding carboxylic acids is 1. The molecule has 1 unspecified atom stereocenters. The van der Waals surface area contributed by atoms with Crippen molar-refractivity contribution >= 4 is 13.6 Å². The summed E-state index contributed by atoms with van der Waals surface area (Å²) in [5.74, 6) is -2.15. The number of esters is 1. The van der Waals surface area contributed by atoms with E-state index in [1.807, 2.05) is 42.3 Å². The number of halogens is 3. The number of benzene rings is 2. The molecule has 7 nitrogen and oxygen atoms in total. The highest BCUT2D eigenvalue weighted by atomic mass is 31.2. The van der Waals surface area contributed by atoms with Gasteiger partial charge >= 0.3 is 19.7 Å². The highest BCUT2D eigenvalue weighted by molar-refractivity contribution is 7.58. The topological polar surface area (TPSA) is 77.1 Å². The smallest absolute Gasteiger partial charge is 0.416 e. The molecule has 1 N–H and O–H groups in total. The molecule has 11 heteroatoms. The first-order chi connectivity index (χ1) is 18.5. The Bertz CT molecular complexity index is 1300. The van der Waals surface area contributed by atoms with E-state index in [4.69, 9.17) is 13.8 Å². The van der Waals surface area contributed by atoms with Crippen LogP contribution in [0.3, 0.4) is 0 Å². The van der Waals surface area contributed by atoms with Gasteiger partial charge in [0.1, 0.15) is 6.61 Å².